The van der Waals surface area contributed by atoms with E-state index in [4.69, 9.17) is 0 Å². The van der Waals surface area contributed by atoms with Crippen molar-refractivity contribution < 1.29 is 9.18 Å². The molecule has 1 aliphatic heterocycles. The molecule has 0 aliphatic carbocycles. The fourth-order valence-corrected chi connectivity index (χ4v) is 3.19. The third-order valence-corrected chi connectivity index (χ3v) is 4.41. The van der Waals surface area contributed by atoms with E-state index in [-0.39, 0.29) is 23.9 Å². The highest BCUT2D eigenvalue weighted by Crippen LogP contribution is 2.21. The molecule has 7 heteroatoms. The van der Waals surface area contributed by atoms with Gasteiger partial charge in [0.2, 0.25) is 5.91 Å². The monoisotopic (exact) mass is 306 g/mol. The highest BCUT2D eigenvalue weighted by Gasteiger charge is 2.29. The summed E-state index contributed by atoms with van der Waals surface area (Å²) in [6.07, 6.45) is 1.75. The number of aromatic nitrogens is 3. The number of nitrogens with one attached hydrogen (secondary N) is 1. The average Bonchev–Trinajstić information content (AvgIpc) is 3.09. The van der Waals surface area contributed by atoms with Crippen molar-refractivity contribution in [1.29, 1.82) is 0 Å². The summed E-state index contributed by atoms with van der Waals surface area (Å²) >= 11 is 0. The van der Waals surface area contributed by atoms with Crippen molar-refractivity contribution in [3.8, 4) is 0 Å². The predicted octanol–water partition coefficient (Wildman–Crippen LogP) is 1.14. The van der Waals surface area contributed by atoms with Crippen molar-refractivity contribution in [1.82, 2.24) is 19.5 Å². The second-order valence-corrected chi connectivity index (χ2v) is 5.79. The Balaban J connectivity index is 1.93. The van der Waals surface area contributed by atoms with Crippen LogP contribution in [0.2, 0.25) is 0 Å². The van der Waals surface area contributed by atoms with Crippen LogP contribution in [0.15, 0.2) is 10.9 Å². The number of carbonyl (C=O) groups excluding carboxylic acids is 1. The number of carbonyl (C=O) groups is 1. The number of aromatic amines is 1. The Bertz CT molecular complexity index is 780. The van der Waals surface area contributed by atoms with Crippen LogP contribution in [0.5, 0.6) is 0 Å². The van der Waals surface area contributed by atoms with Crippen LogP contribution in [0.3, 0.4) is 0 Å². The lowest BCUT2D eigenvalue weighted by Crippen LogP contribution is -2.38. The highest BCUT2D eigenvalue weighted by atomic mass is 19.1. The van der Waals surface area contributed by atoms with Crippen molar-refractivity contribution in [3.63, 3.8) is 0 Å². The summed E-state index contributed by atoms with van der Waals surface area (Å²) in [5, 5.41) is 2.67. The van der Waals surface area contributed by atoms with Gasteiger partial charge in [0.05, 0.1) is 12.5 Å². The molecule has 118 valence electrons. The van der Waals surface area contributed by atoms with Gasteiger partial charge in [0, 0.05) is 29.6 Å². The van der Waals surface area contributed by atoms with Gasteiger partial charge in [-0.1, -0.05) is 0 Å². The number of aryl methyl sites for hydroxylation is 2. The van der Waals surface area contributed by atoms with Crippen LogP contribution >= 0.6 is 0 Å². The van der Waals surface area contributed by atoms with Gasteiger partial charge in [0.25, 0.3) is 5.56 Å². The van der Waals surface area contributed by atoms with E-state index < -0.39 is 6.67 Å². The molecule has 1 unspecified atom stereocenters. The molecule has 2 aromatic heterocycles. The van der Waals surface area contributed by atoms with Gasteiger partial charge in [-0.3, -0.25) is 14.7 Å². The van der Waals surface area contributed by atoms with Crippen molar-refractivity contribution in [2.45, 2.75) is 39.2 Å². The highest BCUT2D eigenvalue weighted by molar-refractivity contribution is 5.80. The summed E-state index contributed by atoms with van der Waals surface area (Å²) in [5.74, 6) is -0.0815. The van der Waals surface area contributed by atoms with Crippen LogP contribution < -0.4 is 5.56 Å². The summed E-state index contributed by atoms with van der Waals surface area (Å²) in [4.78, 5) is 29.9. The summed E-state index contributed by atoms with van der Waals surface area (Å²) < 4.78 is 14.6. The number of fused-ring (bicyclic) bond motifs is 1. The minimum absolute atomic E-state index is 0.0815. The van der Waals surface area contributed by atoms with Gasteiger partial charge in [-0.15, -0.1) is 0 Å². The van der Waals surface area contributed by atoms with Crippen molar-refractivity contribution in [3.05, 3.63) is 33.4 Å². The van der Waals surface area contributed by atoms with E-state index in [2.05, 4.69) is 10.1 Å². The standard InChI is InChI=1S/C15H19FN4O2/c1-9-12(6-15(22)19-5-3-4-11(19)8-16)10(2)20-13(17-9)7-14(21)18-20/h7,11H,3-6,8H2,1-2H3,(H,18,21). The lowest BCUT2D eigenvalue weighted by molar-refractivity contribution is -0.131. The largest absolute Gasteiger partial charge is 0.337 e. The van der Waals surface area contributed by atoms with Gasteiger partial charge in [0.1, 0.15) is 6.67 Å². The van der Waals surface area contributed by atoms with Crippen LogP contribution in [0.25, 0.3) is 5.65 Å². The summed E-state index contributed by atoms with van der Waals surface area (Å²) in [6.45, 7) is 3.79. The van der Waals surface area contributed by atoms with Gasteiger partial charge in [-0.2, -0.15) is 0 Å². The molecular weight excluding hydrogens is 287 g/mol. The first kappa shape index (κ1) is 14.7. The zero-order chi connectivity index (χ0) is 15.9. The molecule has 0 radical (unpaired) electrons. The molecule has 6 nitrogen and oxygen atoms in total. The maximum Gasteiger partial charge on any atom is 0.266 e. The Morgan fingerprint density at radius 3 is 3.00 bits per heavy atom. The SMILES string of the molecule is Cc1nc2cc(=O)[nH]n2c(C)c1CC(=O)N1CCCC1CF. The van der Waals surface area contributed by atoms with Crippen LogP contribution in [-0.2, 0) is 11.2 Å². The lowest BCUT2D eigenvalue weighted by atomic mass is 10.1. The fraction of sp³-hybridized carbons (Fsp3) is 0.533. The zero-order valence-corrected chi connectivity index (χ0v) is 12.7. The molecule has 1 amide bonds. The van der Waals surface area contributed by atoms with E-state index in [0.29, 0.717) is 12.2 Å². The molecule has 22 heavy (non-hydrogen) atoms. The number of hydrogen-bond donors (Lipinski definition) is 1. The first-order valence-corrected chi connectivity index (χ1v) is 7.44. The molecule has 0 saturated carbocycles. The molecular formula is C15H19FN4O2. The van der Waals surface area contributed by atoms with Gasteiger partial charge in [0.15, 0.2) is 5.65 Å². The molecule has 2 aromatic rings. The Hall–Kier alpha value is -2.18. The number of amides is 1. The molecule has 1 saturated heterocycles. The third-order valence-electron chi connectivity index (χ3n) is 4.41. The molecule has 1 aliphatic rings. The average molecular weight is 306 g/mol. The number of H-pyrrole nitrogens is 1. The smallest absolute Gasteiger partial charge is 0.266 e. The number of rotatable bonds is 3. The van der Waals surface area contributed by atoms with E-state index >= 15 is 0 Å². The lowest BCUT2D eigenvalue weighted by Gasteiger charge is -2.23. The number of halogens is 1. The summed E-state index contributed by atoms with van der Waals surface area (Å²) in [6, 6.07) is 1.13. The normalized spacial score (nSPS) is 18.3. The van der Waals surface area contributed by atoms with E-state index in [0.717, 1.165) is 29.8 Å². The van der Waals surface area contributed by atoms with Gasteiger partial charge in [-0.25, -0.2) is 13.9 Å². The molecule has 0 spiro atoms. The maximum absolute atomic E-state index is 13.0. The van der Waals surface area contributed by atoms with Gasteiger partial charge < -0.3 is 4.90 Å². The maximum atomic E-state index is 13.0. The molecule has 1 fully saturated rings. The van der Waals surface area contributed by atoms with Crippen LogP contribution in [-0.4, -0.2) is 44.7 Å². The second kappa shape index (κ2) is 5.55. The second-order valence-electron chi connectivity index (χ2n) is 5.79. The number of alkyl halides is 1. The number of nitrogens with zero attached hydrogens (tertiary/aromatic N) is 3. The molecule has 0 aromatic carbocycles. The quantitative estimate of drug-likeness (QED) is 0.924. The first-order chi connectivity index (χ1) is 10.5. The van der Waals surface area contributed by atoms with E-state index in [1.807, 2.05) is 13.8 Å². The number of hydrogen-bond acceptors (Lipinski definition) is 3. The molecule has 0 bridgehead atoms. The van der Waals surface area contributed by atoms with E-state index in [9.17, 15) is 14.0 Å². The van der Waals surface area contributed by atoms with Crippen molar-refractivity contribution >= 4 is 11.6 Å². The minimum atomic E-state index is -0.494. The fourth-order valence-electron chi connectivity index (χ4n) is 3.19. The van der Waals surface area contributed by atoms with Gasteiger partial charge in [-0.05, 0) is 26.7 Å². The van der Waals surface area contributed by atoms with Crippen LogP contribution in [0.4, 0.5) is 4.39 Å². The zero-order valence-electron chi connectivity index (χ0n) is 12.7. The number of likely N-dealkylation sites (tertiary alicyclic amines) is 1. The Morgan fingerprint density at radius 1 is 1.50 bits per heavy atom. The van der Waals surface area contributed by atoms with Crippen LogP contribution in [0, 0.1) is 13.8 Å². The van der Waals surface area contributed by atoms with Gasteiger partial charge >= 0.3 is 0 Å². The molecule has 1 atom stereocenters. The summed E-state index contributed by atoms with van der Waals surface area (Å²) in [5.41, 5.74) is 2.61. The molecule has 3 heterocycles. The Labute approximate surface area is 126 Å². The Morgan fingerprint density at radius 2 is 2.27 bits per heavy atom. The van der Waals surface area contributed by atoms with Crippen molar-refractivity contribution in [2.75, 3.05) is 13.2 Å². The molecule has 1 N–H and O–H groups in total. The topological polar surface area (TPSA) is 70.5 Å². The third kappa shape index (κ3) is 2.40. The first-order valence-electron chi connectivity index (χ1n) is 7.44. The summed E-state index contributed by atoms with van der Waals surface area (Å²) in [7, 11) is 0. The Kier molecular flexibility index (Phi) is 3.72. The van der Waals surface area contributed by atoms with E-state index in [1.54, 1.807) is 9.42 Å². The van der Waals surface area contributed by atoms with E-state index in [1.165, 1.54) is 6.07 Å². The minimum Gasteiger partial charge on any atom is -0.337 e. The van der Waals surface area contributed by atoms with Crippen molar-refractivity contribution in [2.24, 2.45) is 0 Å². The molecule has 3 rings (SSSR count). The predicted molar refractivity (Wildman–Crippen MR) is 79.7 cm³/mol. The van der Waals surface area contributed by atoms with Crippen LogP contribution in [0.1, 0.15) is 29.8 Å².